The lowest BCUT2D eigenvalue weighted by Crippen LogP contribution is -2.49. The summed E-state index contributed by atoms with van der Waals surface area (Å²) >= 11 is 0. The molecule has 1 aliphatic carbocycles. The summed E-state index contributed by atoms with van der Waals surface area (Å²) in [5.74, 6) is -0.156. The normalized spacial score (nSPS) is 17.1. The van der Waals surface area contributed by atoms with E-state index in [1.54, 1.807) is 30.1 Å². The molecule has 1 aliphatic rings. The summed E-state index contributed by atoms with van der Waals surface area (Å²) < 4.78 is 7.07. The van der Waals surface area contributed by atoms with Crippen molar-refractivity contribution in [3.05, 3.63) is 30.2 Å². The summed E-state index contributed by atoms with van der Waals surface area (Å²) in [5, 5.41) is 7.01. The van der Waals surface area contributed by atoms with Crippen molar-refractivity contribution >= 4 is 11.6 Å². The molecule has 0 bridgehead atoms. The van der Waals surface area contributed by atoms with Crippen LogP contribution in [-0.4, -0.2) is 39.8 Å². The van der Waals surface area contributed by atoms with E-state index in [1.165, 1.54) is 6.20 Å². The maximum Gasteiger partial charge on any atom is 0.256 e. The Kier molecular flexibility index (Phi) is 2.94. The highest BCUT2D eigenvalue weighted by Crippen LogP contribution is 2.34. The summed E-state index contributed by atoms with van der Waals surface area (Å²) in [5.41, 5.74) is 0.887. The maximum absolute atomic E-state index is 12.2. The fraction of sp³-hybridized carbons (Fsp3) is 0.462. The van der Waals surface area contributed by atoms with Gasteiger partial charge in [-0.1, -0.05) is 0 Å². The van der Waals surface area contributed by atoms with Crippen molar-refractivity contribution in [2.75, 3.05) is 13.7 Å². The third-order valence-corrected chi connectivity index (χ3v) is 3.79. The summed E-state index contributed by atoms with van der Waals surface area (Å²) in [7, 11) is 1.70. The smallest absolute Gasteiger partial charge is 0.256 e. The van der Waals surface area contributed by atoms with Crippen LogP contribution in [0.1, 0.15) is 29.6 Å². The molecule has 0 radical (unpaired) electrons. The second-order valence-corrected chi connectivity index (χ2v) is 4.87. The van der Waals surface area contributed by atoms with Crippen molar-refractivity contribution in [1.82, 2.24) is 19.9 Å². The van der Waals surface area contributed by atoms with Gasteiger partial charge in [0.25, 0.3) is 5.91 Å². The summed E-state index contributed by atoms with van der Waals surface area (Å²) in [6.45, 7) is 0.534. The number of hydrogen-bond donors (Lipinski definition) is 1. The van der Waals surface area contributed by atoms with E-state index < -0.39 is 0 Å². The quantitative estimate of drug-likeness (QED) is 0.891. The first kappa shape index (κ1) is 12.1. The van der Waals surface area contributed by atoms with Crippen LogP contribution in [0.15, 0.2) is 24.7 Å². The molecule has 0 spiro atoms. The van der Waals surface area contributed by atoms with Crippen LogP contribution in [0.3, 0.4) is 0 Å². The van der Waals surface area contributed by atoms with Gasteiger partial charge in [-0.25, -0.2) is 9.50 Å². The molecule has 0 aromatic carbocycles. The molecule has 6 heteroatoms. The first-order valence-electron chi connectivity index (χ1n) is 6.36. The van der Waals surface area contributed by atoms with Crippen molar-refractivity contribution < 1.29 is 9.53 Å². The lowest BCUT2D eigenvalue weighted by molar-refractivity contribution is -0.0679. The van der Waals surface area contributed by atoms with Gasteiger partial charge in [-0.3, -0.25) is 4.79 Å². The number of ether oxygens (including phenoxy) is 1. The Labute approximate surface area is 110 Å². The molecule has 2 heterocycles. The van der Waals surface area contributed by atoms with Crippen LogP contribution < -0.4 is 5.32 Å². The van der Waals surface area contributed by atoms with E-state index in [2.05, 4.69) is 15.4 Å². The Balaban J connectivity index is 1.73. The molecule has 0 saturated heterocycles. The fourth-order valence-electron chi connectivity index (χ4n) is 2.35. The molecular formula is C13H16N4O2. The number of aromatic nitrogens is 3. The van der Waals surface area contributed by atoms with Gasteiger partial charge in [-0.15, -0.1) is 0 Å². The molecule has 1 amide bonds. The first-order valence-corrected chi connectivity index (χ1v) is 6.36. The highest BCUT2D eigenvalue weighted by molar-refractivity contribution is 5.99. The SMILES string of the molecule is COC1(CNC(=O)c2cnn3cccnc23)CCC1. The topological polar surface area (TPSA) is 68.5 Å². The standard InChI is InChI=1S/C13H16N4O2/c1-19-13(4-2-5-13)9-15-12(18)10-8-16-17-7-3-6-14-11(10)17/h3,6-8H,2,4-5,9H2,1H3,(H,15,18). The van der Waals surface area contributed by atoms with Gasteiger partial charge in [0, 0.05) is 26.0 Å². The Bertz CT molecular complexity index is 598. The van der Waals surface area contributed by atoms with Gasteiger partial charge in [-0.05, 0) is 25.3 Å². The maximum atomic E-state index is 12.2. The molecule has 2 aromatic heterocycles. The van der Waals surface area contributed by atoms with Crippen LogP contribution >= 0.6 is 0 Å². The van der Waals surface area contributed by atoms with Gasteiger partial charge >= 0.3 is 0 Å². The molecule has 0 unspecified atom stereocenters. The summed E-state index contributed by atoms with van der Waals surface area (Å²) in [4.78, 5) is 16.3. The van der Waals surface area contributed by atoms with E-state index in [0.717, 1.165) is 19.3 Å². The van der Waals surface area contributed by atoms with Gasteiger partial charge < -0.3 is 10.1 Å². The minimum absolute atomic E-state index is 0.156. The molecule has 100 valence electrons. The number of carbonyl (C=O) groups excluding carboxylic acids is 1. The highest BCUT2D eigenvalue weighted by Gasteiger charge is 2.37. The number of carbonyl (C=O) groups is 1. The van der Waals surface area contributed by atoms with Crippen molar-refractivity contribution in [2.45, 2.75) is 24.9 Å². The number of amides is 1. The van der Waals surface area contributed by atoms with Crippen LogP contribution in [0.2, 0.25) is 0 Å². The Morgan fingerprint density at radius 2 is 2.42 bits per heavy atom. The molecule has 3 rings (SSSR count). The highest BCUT2D eigenvalue weighted by atomic mass is 16.5. The van der Waals surface area contributed by atoms with Crippen molar-refractivity contribution in [1.29, 1.82) is 0 Å². The van der Waals surface area contributed by atoms with Crippen LogP contribution in [0, 0.1) is 0 Å². The Hall–Kier alpha value is -1.95. The van der Waals surface area contributed by atoms with Gasteiger partial charge in [0.1, 0.15) is 5.56 Å². The van der Waals surface area contributed by atoms with E-state index in [9.17, 15) is 4.79 Å². The fourth-order valence-corrected chi connectivity index (χ4v) is 2.35. The number of nitrogens with one attached hydrogen (secondary N) is 1. The Morgan fingerprint density at radius 3 is 3.11 bits per heavy atom. The van der Waals surface area contributed by atoms with E-state index in [1.807, 2.05) is 0 Å². The zero-order valence-electron chi connectivity index (χ0n) is 10.8. The average Bonchev–Trinajstić information content (AvgIpc) is 2.81. The van der Waals surface area contributed by atoms with Crippen LogP contribution in [-0.2, 0) is 4.74 Å². The van der Waals surface area contributed by atoms with E-state index in [0.29, 0.717) is 17.8 Å². The van der Waals surface area contributed by atoms with Crippen LogP contribution in [0.4, 0.5) is 0 Å². The number of methoxy groups -OCH3 is 1. The van der Waals surface area contributed by atoms with E-state index >= 15 is 0 Å². The van der Waals surface area contributed by atoms with Crippen molar-refractivity contribution in [3.8, 4) is 0 Å². The monoisotopic (exact) mass is 260 g/mol. The van der Waals surface area contributed by atoms with Gasteiger partial charge in [-0.2, -0.15) is 5.10 Å². The largest absolute Gasteiger partial charge is 0.376 e. The van der Waals surface area contributed by atoms with E-state index in [4.69, 9.17) is 4.74 Å². The summed E-state index contributed by atoms with van der Waals surface area (Å²) in [6.07, 6.45) is 8.10. The Morgan fingerprint density at radius 1 is 1.58 bits per heavy atom. The molecule has 19 heavy (non-hydrogen) atoms. The van der Waals surface area contributed by atoms with Gasteiger partial charge in [0.2, 0.25) is 0 Å². The first-order chi connectivity index (χ1) is 9.24. The molecular weight excluding hydrogens is 244 g/mol. The molecule has 1 fully saturated rings. The number of nitrogens with zero attached hydrogens (tertiary/aromatic N) is 3. The predicted octanol–water partition coefficient (Wildman–Crippen LogP) is 1.03. The van der Waals surface area contributed by atoms with Gasteiger partial charge in [0.05, 0.1) is 11.8 Å². The number of hydrogen-bond acceptors (Lipinski definition) is 4. The lowest BCUT2D eigenvalue weighted by atomic mass is 9.80. The summed E-state index contributed by atoms with van der Waals surface area (Å²) in [6, 6.07) is 1.77. The molecule has 1 N–H and O–H groups in total. The van der Waals surface area contributed by atoms with Crippen molar-refractivity contribution in [3.63, 3.8) is 0 Å². The van der Waals surface area contributed by atoms with Gasteiger partial charge in [0.15, 0.2) is 5.65 Å². The third-order valence-electron chi connectivity index (χ3n) is 3.79. The predicted molar refractivity (Wildman–Crippen MR) is 68.9 cm³/mol. The lowest BCUT2D eigenvalue weighted by Gasteiger charge is -2.40. The van der Waals surface area contributed by atoms with Crippen LogP contribution in [0.5, 0.6) is 0 Å². The number of rotatable bonds is 4. The second-order valence-electron chi connectivity index (χ2n) is 4.87. The zero-order valence-corrected chi connectivity index (χ0v) is 10.8. The average molecular weight is 260 g/mol. The van der Waals surface area contributed by atoms with Crippen molar-refractivity contribution in [2.24, 2.45) is 0 Å². The minimum atomic E-state index is -0.175. The molecule has 1 saturated carbocycles. The third kappa shape index (κ3) is 2.08. The number of fused-ring (bicyclic) bond motifs is 1. The van der Waals surface area contributed by atoms with Crippen LogP contribution in [0.25, 0.3) is 5.65 Å². The molecule has 2 aromatic rings. The molecule has 6 nitrogen and oxygen atoms in total. The molecule has 0 aliphatic heterocycles. The van der Waals surface area contributed by atoms with E-state index in [-0.39, 0.29) is 11.5 Å². The molecule has 0 atom stereocenters. The zero-order chi connectivity index (χ0) is 13.3. The minimum Gasteiger partial charge on any atom is -0.376 e. The second kappa shape index (κ2) is 4.62.